The molecule has 0 aliphatic heterocycles. The molecule has 0 radical (unpaired) electrons. The monoisotopic (exact) mass is 256 g/mol. The van der Waals surface area contributed by atoms with Crippen LogP contribution in [0.1, 0.15) is 12.0 Å². The third-order valence-corrected chi connectivity index (χ3v) is 2.64. The van der Waals surface area contributed by atoms with E-state index in [4.69, 9.17) is 21.7 Å². The van der Waals surface area contributed by atoms with Crippen LogP contribution in [0, 0.1) is 0 Å². The highest BCUT2D eigenvalue weighted by atomic mass is 32.1. The molecule has 88 valence electrons. The van der Waals surface area contributed by atoms with Crippen molar-refractivity contribution in [2.45, 2.75) is 12.8 Å². The lowest BCUT2D eigenvalue weighted by molar-refractivity contribution is 0.331. The zero-order valence-corrected chi connectivity index (χ0v) is 11.0. The first-order valence-electron chi connectivity index (χ1n) is 5.15. The van der Waals surface area contributed by atoms with Crippen molar-refractivity contribution in [1.29, 1.82) is 0 Å². The quantitative estimate of drug-likeness (QED) is 0.623. The molecule has 1 aromatic carbocycles. The third-order valence-electron chi connectivity index (χ3n) is 2.13. The first-order valence-corrected chi connectivity index (χ1v) is 6.19. The van der Waals surface area contributed by atoms with E-state index in [-0.39, 0.29) is 0 Å². The van der Waals surface area contributed by atoms with Crippen LogP contribution in [0.5, 0.6) is 5.75 Å². The summed E-state index contributed by atoms with van der Waals surface area (Å²) in [6, 6.07) is 7.99. The molecule has 2 nitrogen and oxygen atoms in total. The van der Waals surface area contributed by atoms with Gasteiger partial charge in [-0.3, -0.25) is 0 Å². The lowest BCUT2D eigenvalue weighted by atomic mass is 10.1. The Morgan fingerprint density at radius 2 is 2.00 bits per heavy atom. The standard InChI is InChI=1S/C12H16O2S2/c1-13-11-5-2-10(3-6-11)4-7-12(16)14-8-9-15/h2-3,5-6,15H,4,7-9H2,1H3. The second kappa shape index (κ2) is 7.52. The highest BCUT2D eigenvalue weighted by Crippen LogP contribution is 2.12. The molecule has 0 saturated carbocycles. The van der Waals surface area contributed by atoms with Crippen LogP contribution < -0.4 is 4.74 Å². The lowest BCUT2D eigenvalue weighted by Gasteiger charge is -2.06. The maximum atomic E-state index is 5.29. The zero-order valence-electron chi connectivity index (χ0n) is 9.31. The van der Waals surface area contributed by atoms with Crippen molar-refractivity contribution in [1.82, 2.24) is 0 Å². The van der Waals surface area contributed by atoms with Crippen LogP contribution in [-0.4, -0.2) is 24.5 Å². The van der Waals surface area contributed by atoms with Gasteiger partial charge in [0.2, 0.25) is 0 Å². The number of thiocarbonyl (C=S) groups is 1. The van der Waals surface area contributed by atoms with Crippen LogP contribution in [0.4, 0.5) is 0 Å². The summed E-state index contributed by atoms with van der Waals surface area (Å²) in [5, 5.41) is 0.657. The predicted molar refractivity (Wildman–Crippen MR) is 73.7 cm³/mol. The van der Waals surface area contributed by atoms with Crippen molar-refractivity contribution in [3.05, 3.63) is 29.8 Å². The Hall–Kier alpha value is -0.740. The van der Waals surface area contributed by atoms with Crippen molar-refractivity contribution >= 4 is 29.9 Å². The summed E-state index contributed by atoms with van der Waals surface area (Å²) in [4.78, 5) is 0. The molecule has 0 atom stereocenters. The van der Waals surface area contributed by atoms with Crippen LogP contribution >= 0.6 is 24.8 Å². The normalized spacial score (nSPS) is 9.88. The SMILES string of the molecule is COc1ccc(CCC(=S)OCCS)cc1. The van der Waals surface area contributed by atoms with Gasteiger partial charge in [0.15, 0.2) is 5.05 Å². The Balaban J connectivity index is 2.33. The van der Waals surface area contributed by atoms with Gasteiger partial charge >= 0.3 is 0 Å². The molecule has 1 aromatic rings. The smallest absolute Gasteiger partial charge is 0.160 e. The van der Waals surface area contributed by atoms with Gasteiger partial charge in [0.25, 0.3) is 0 Å². The van der Waals surface area contributed by atoms with Gasteiger partial charge in [-0.1, -0.05) is 12.1 Å². The zero-order chi connectivity index (χ0) is 11.8. The molecule has 0 amide bonds. The van der Waals surface area contributed by atoms with Crippen molar-refractivity contribution in [3.8, 4) is 5.75 Å². The van der Waals surface area contributed by atoms with E-state index in [0.29, 0.717) is 17.4 Å². The summed E-state index contributed by atoms with van der Waals surface area (Å²) < 4.78 is 10.4. The molecule has 0 aliphatic carbocycles. The molecule has 0 heterocycles. The number of methoxy groups -OCH3 is 1. The van der Waals surface area contributed by atoms with Gasteiger partial charge in [0.05, 0.1) is 13.7 Å². The second-order valence-corrected chi connectivity index (χ2v) is 4.19. The van der Waals surface area contributed by atoms with Gasteiger partial charge in [-0.25, -0.2) is 0 Å². The molecule has 16 heavy (non-hydrogen) atoms. The highest BCUT2D eigenvalue weighted by Gasteiger charge is 1.99. The van der Waals surface area contributed by atoms with E-state index in [9.17, 15) is 0 Å². The molecular weight excluding hydrogens is 240 g/mol. The number of ether oxygens (including phenoxy) is 2. The van der Waals surface area contributed by atoms with E-state index < -0.39 is 0 Å². The molecule has 0 aromatic heterocycles. The van der Waals surface area contributed by atoms with E-state index in [0.717, 1.165) is 18.6 Å². The minimum atomic E-state index is 0.588. The van der Waals surface area contributed by atoms with Crippen molar-refractivity contribution in [2.24, 2.45) is 0 Å². The van der Waals surface area contributed by atoms with Gasteiger partial charge in [0.1, 0.15) is 5.75 Å². The van der Waals surface area contributed by atoms with Crippen molar-refractivity contribution in [2.75, 3.05) is 19.5 Å². The summed E-state index contributed by atoms with van der Waals surface area (Å²) in [6.45, 7) is 0.588. The Kier molecular flexibility index (Phi) is 6.26. The molecular formula is C12H16O2S2. The summed E-state index contributed by atoms with van der Waals surface area (Å²) in [6.07, 6.45) is 1.67. The van der Waals surface area contributed by atoms with Crippen molar-refractivity contribution in [3.63, 3.8) is 0 Å². The molecule has 1 rings (SSSR count). The van der Waals surface area contributed by atoms with Crippen LogP contribution in [0.2, 0.25) is 0 Å². The third kappa shape index (κ3) is 4.86. The van der Waals surface area contributed by atoms with Crippen LogP contribution in [0.15, 0.2) is 24.3 Å². The molecule has 0 saturated heterocycles. The Labute approximate surface area is 107 Å². The average molecular weight is 256 g/mol. The molecule has 0 aliphatic rings. The first-order chi connectivity index (χ1) is 7.76. The maximum Gasteiger partial charge on any atom is 0.160 e. The largest absolute Gasteiger partial charge is 0.497 e. The Morgan fingerprint density at radius 3 is 2.56 bits per heavy atom. The van der Waals surface area contributed by atoms with E-state index in [1.165, 1.54) is 5.56 Å². The van der Waals surface area contributed by atoms with Gasteiger partial charge in [0, 0.05) is 12.2 Å². The summed E-state index contributed by atoms with van der Waals surface area (Å²) in [7, 11) is 1.66. The average Bonchev–Trinajstić information content (AvgIpc) is 2.34. The van der Waals surface area contributed by atoms with E-state index in [2.05, 4.69) is 12.6 Å². The van der Waals surface area contributed by atoms with E-state index in [1.54, 1.807) is 7.11 Å². The summed E-state index contributed by atoms with van der Waals surface area (Å²) in [5.41, 5.74) is 1.23. The van der Waals surface area contributed by atoms with Crippen LogP contribution in [0.3, 0.4) is 0 Å². The minimum Gasteiger partial charge on any atom is -0.497 e. The molecule has 0 fully saturated rings. The summed E-state index contributed by atoms with van der Waals surface area (Å²) >= 11 is 9.14. The van der Waals surface area contributed by atoms with Crippen LogP contribution in [0.25, 0.3) is 0 Å². The number of aryl methyl sites for hydroxylation is 1. The number of benzene rings is 1. The number of thiol groups is 1. The van der Waals surface area contributed by atoms with E-state index >= 15 is 0 Å². The fourth-order valence-corrected chi connectivity index (χ4v) is 1.55. The first kappa shape index (κ1) is 13.3. The molecule has 0 bridgehead atoms. The minimum absolute atomic E-state index is 0.588. The fraction of sp³-hybridized carbons (Fsp3) is 0.417. The van der Waals surface area contributed by atoms with Gasteiger partial charge < -0.3 is 9.47 Å². The number of hydrogen-bond donors (Lipinski definition) is 1. The maximum absolute atomic E-state index is 5.29. The summed E-state index contributed by atoms with van der Waals surface area (Å²) in [5.74, 6) is 1.57. The topological polar surface area (TPSA) is 18.5 Å². The Morgan fingerprint density at radius 1 is 1.31 bits per heavy atom. The van der Waals surface area contributed by atoms with Gasteiger partial charge in [-0.2, -0.15) is 12.6 Å². The number of rotatable bonds is 6. The van der Waals surface area contributed by atoms with Crippen LogP contribution in [-0.2, 0) is 11.2 Å². The highest BCUT2D eigenvalue weighted by molar-refractivity contribution is 7.80. The lowest BCUT2D eigenvalue weighted by Crippen LogP contribution is -2.05. The molecule has 0 N–H and O–H groups in total. The van der Waals surface area contributed by atoms with Crippen molar-refractivity contribution < 1.29 is 9.47 Å². The van der Waals surface area contributed by atoms with Gasteiger partial charge in [-0.15, -0.1) is 0 Å². The Bertz CT molecular complexity index is 322. The molecule has 4 heteroatoms. The fourth-order valence-electron chi connectivity index (χ4n) is 1.27. The number of hydrogen-bond acceptors (Lipinski definition) is 4. The molecule has 0 unspecified atom stereocenters. The van der Waals surface area contributed by atoms with E-state index in [1.807, 2.05) is 24.3 Å². The predicted octanol–water partition coefficient (Wildman–Crippen LogP) is 2.90. The molecule has 0 spiro atoms. The van der Waals surface area contributed by atoms with Gasteiger partial charge in [-0.05, 0) is 36.3 Å². The second-order valence-electron chi connectivity index (χ2n) is 3.29.